The smallest absolute Gasteiger partial charge is 0.265 e. The molecule has 0 saturated carbocycles. The average molecular weight is 307 g/mol. The van der Waals surface area contributed by atoms with Crippen LogP contribution >= 0.6 is 11.3 Å². The maximum Gasteiger partial charge on any atom is 0.265 e. The summed E-state index contributed by atoms with van der Waals surface area (Å²) >= 11 is 1.32. The minimum absolute atomic E-state index is 0.0522. The van der Waals surface area contributed by atoms with Crippen LogP contribution in [0.5, 0.6) is 0 Å². The monoisotopic (exact) mass is 307 g/mol. The third-order valence-electron chi connectivity index (χ3n) is 3.60. The first kappa shape index (κ1) is 15.7. The van der Waals surface area contributed by atoms with Gasteiger partial charge in [-0.3, -0.25) is 4.79 Å². The van der Waals surface area contributed by atoms with Crippen LogP contribution in [0.15, 0.2) is 0 Å². The molecule has 6 nitrogen and oxygen atoms in total. The molecule has 0 aromatic carbocycles. The molecule has 0 saturated heterocycles. The van der Waals surface area contributed by atoms with Crippen molar-refractivity contribution in [3.8, 4) is 0 Å². The first-order chi connectivity index (χ1) is 9.97. The Morgan fingerprint density at radius 1 is 1.38 bits per heavy atom. The van der Waals surface area contributed by atoms with Crippen molar-refractivity contribution in [2.45, 2.75) is 20.3 Å². The molecule has 21 heavy (non-hydrogen) atoms. The van der Waals surface area contributed by atoms with Gasteiger partial charge in [0, 0.05) is 19.0 Å². The van der Waals surface area contributed by atoms with Crippen molar-refractivity contribution in [1.29, 1.82) is 0 Å². The molecule has 0 radical (unpaired) electrons. The second-order valence-corrected chi connectivity index (χ2v) is 6.12. The number of aryl methyl sites for hydroxylation is 2. The first-order valence-electron chi connectivity index (χ1n) is 6.89. The van der Waals surface area contributed by atoms with E-state index in [1.54, 1.807) is 11.9 Å². The van der Waals surface area contributed by atoms with E-state index in [-0.39, 0.29) is 5.91 Å². The molecule has 1 amide bonds. The van der Waals surface area contributed by atoms with Crippen molar-refractivity contribution in [2.75, 3.05) is 32.9 Å². The highest BCUT2D eigenvalue weighted by molar-refractivity contribution is 7.21. The lowest BCUT2D eigenvalue weighted by atomic mass is 10.1. The van der Waals surface area contributed by atoms with Crippen LogP contribution in [-0.4, -0.2) is 48.2 Å². The van der Waals surface area contributed by atoms with Crippen LogP contribution in [0.3, 0.4) is 0 Å². The van der Waals surface area contributed by atoms with Crippen LogP contribution in [0.1, 0.15) is 27.3 Å². The van der Waals surface area contributed by atoms with E-state index >= 15 is 0 Å². The number of hydrogen-bond acceptors (Lipinski definition) is 6. The summed E-state index contributed by atoms with van der Waals surface area (Å²) in [5, 5.41) is 12.2. The van der Waals surface area contributed by atoms with Gasteiger partial charge in [0.25, 0.3) is 5.91 Å². The zero-order valence-corrected chi connectivity index (χ0v) is 13.7. The molecule has 0 fully saturated rings. The fourth-order valence-corrected chi connectivity index (χ4v) is 3.26. The first-order valence-corrected chi connectivity index (χ1v) is 7.71. The molecule has 0 unspecified atom stereocenters. The zero-order chi connectivity index (χ0) is 15.6. The van der Waals surface area contributed by atoms with Crippen molar-refractivity contribution in [3.63, 3.8) is 0 Å². The number of thiophene rings is 1. The number of anilines is 1. The zero-order valence-electron chi connectivity index (χ0n) is 12.9. The third-order valence-corrected chi connectivity index (χ3v) is 4.67. The summed E-state index contributed by atoms with van der Waals surface area (Å²) < 4.78 is 0. The summed E-state index contributed by atoms with van der Waals surface area (Å²) in [4.78, 5) is 15.5. The number of fused-ring (bicyclic) bond motifs is 1. The Morgan fingerprint density at radius 3 is 2.76 bits per heavy atom. The van der Waals surface area contributed by atoms with E-state index in [4.69, 9.17) is 5.73 Å². The fraction of sp³-hybridized carbons (Fsp3) is 0.500. The number of rotatable bonds is 5. The van der Waals surface area contributed by atoms with Gasteiger partial charge in [-0.25, -0.2) is 0 Å². The Bertz CT molecular complexity index is 667. The van der Waals surface area contributed by atoms with Gasteiger partial charge in [-0.1, -0.05) is 0 Å². The third kappa shape index (κ3) is 2.98. The van der Waals surface area contributed by atoms with Crippen LogP contribution in [0, 0.1) is 13.8 Å². The Morgan fingerprint density at radius 2 is 2.10 bits per heavy atom. The molecule has 0 atom stereocenters. The van der Waals surface area contributed by atoms with E-state index in [1.165, 1.54) is 11.3 Å². The number of nitrogen functional groups attached to an aromatic ring is 1. The number of carbonyl (C=O) groups excluding carboxylic acids is 1. The number of aromatic nitrogens is 2. The van der Waals surface area contributed by atoms with E-state index in [0.29, 0.717) is 17.1 Å². The molecule has 0 aliphatic carbocycles. The van der Waals surface area contributed by atoms with Crippen molar-refractivity contribution < 1.29 is 4.79 Å². The second-order valence-electron chi connectivity index (χ2n) is 5.12. The minimum Gasteiger partial charge on any atom is -0.397 e. The molecule has 0 aliphatic rings. The van der Waals surface area contributed by atoms with Gasteiger partial charge in [-0.15, -0.1) is 16.4 Å². The lowest BCUT2D eigenvalue weighted by Gasteiger charge is -2.16. The number of hydrogen-bond donors (Lipinski definition) is 2. The van der Waals surface area contributed by atoms with E-state index in [9.17, 15) is 4.79 Å². The highest BCUT2D eigenvalue weighted by atomic mass is 32.1. The standard InChI is InChI=1S/C14H21N5OS/c1-8-9(2)17-18-13-10(8)11(15)12(21-13)14(20)19(4)7-5-6-16-3/h16H,5-7,15H2,1-4H3. The molecule has 2 rings (SSSR count). The summed E-state index contributed by atoms with van der Waals surface area (Å²) in [6.45, 7) is 5.42. The van der Waals surface area contributed by atoms with Crippen LogP contribution in [0.25, 0.3) is 10.2 Å². The lowest BCUT2D eigenvalue weighted by molar-refractivity contribution is 0.0799. The molecule has 2 aromatic rings. The lowest BCUT2D eigenvalue weighted by Crippen LogP contribution is -2.29. The van der Waals surface area contributed by atoms with Gasteiger partial charge in [0.1, 0.15) is 9.71 Å². The summed E-state index contributed by atoms with van der Waals surface area (Å²) in [5.41, 5.74) is 8.54. The topological polar surface area (TPSA) is 84.1 Å². The number of amides is 1. The van der Waals surface area contributed by atoms with Gasteiger partial charge in [0.05, 0.1) is 11.4 Å². The molecular weight excluding hydrogens is 286 g/mol. The van der Waals surface area contributed by atoms with Gasteiger partial charge < -0.3 is 16.0 Å². The van der Waals surface area contributed by atoms with E-state index in [0.717, 1.165) is 34.4 Å². The predicted molar refractivity (Wildman–Crippen MR) is 86.8 cm³/mol. The molecule has 114 valence electrons. The maximum absolute atomic E-state index is 12.5. The minimum atomic E-state index is -0.0522. The van der Waals surface area contributed by atoms with Gasteiger partial charge >= 0.3 is 0 Å². The van der Waals surface area contributed by atoms with Crippen LogP contribution in [0.2, 0.25) is 0 Å². The molecule has 7 heteroatoms. The largest absolute Gasteiger partial charge is 0.397 e. The van der Waals surface area contributed by atoms with Crippen molar-refractivity contribution in [2.24, 2.45) is 0 Å². The molecule has 3 N–H and O–H groups in total. The average Bonchev–Trinajstić information content (AvgIpc) is 2.80. The van der Waals surface area contributed by atoms with Gasteiger partial charge in [0.2, 0.25) is 0 Å². The molecule has 2 heterocycles. The summed E-state index contributed by atoms with van der Waals surface area (Å²) in [5.74, 6) is -0.0522. The van der Waals surface area contributed by atoms with E-state index in [1.807, 2.05) is 20.9 Å². The van der Waals surface area contributed by atoms with Crippen molar-refractivity contribution in [3.05, 3.63) is 16.1 Å². The Hall–Kier alpha value is -1.73. The van der Waals surface area contributed by atoms with Gasteiger partial charge in [-0.2, -0.15) is 5.10 Å². The molecule has 0 aliphatic heterocycles. The normalized spacial score (nSPS) is 11.0. The van der Waals surface area contributed by atoms with Crippen LogP contribution < -0.4 is 11.1 Å². The fourth-order valence-electron chi connectivity index (χ4n) is 2.17. The quantitative estimate of drug-likeness (QED) is 0.819. The van der Waals surface area contributed by atoms with Crippen molar-refractivity contribution in [1.82, 2.24) is 20.4 Å². The second kappa shape index (κ2) is 6.36. The van der Waals surface area contributed by atoms with Gasteiger partial charge in [-0.05, 0) is 39.4 Å². The number of nitrogens with one attached hydrogen (secondary N) is 1. The number of nitrogens with zero attached hydrogens (tertiary/aromatic N) is 3. The van der Waals surface area contributed by atoms with E-state index in [2.05, 4.69) is 15.5 Å². The Kier molecular flexibility index (Phi) is 4.74. The summed E-state index contributed by atoms with van der Waals surface area (Å²) in [7, 11) is 3.70. The van der Waals surface area contributed by atoms with E-state index < -0.39 is 0 Å². The predicted octanol–water partition coefficient (Wildman–Crippen LogP) is 1.57. The molecule has 0 bridgehead atoms. The number of carbonyl (C=O) groups is 1. The highest BCUT2D eigenvalue weighted by Gasteiger charge is 2.22. The van der Waals surface area contributed by atoms with Crippen molar-refractivity contribution >= 4 is 33.1 Å². The molecule has 0 spiro atoms. The van der Waals surface area contributed by atoms with Gasteiger partial charge in [0.15, 0.2) is 0 Å². The SMILES string of the molecule is CNCCCN(C)C(=O)c1sc2nnc(C)c(C)c2c1N. The Labute approximate surface area is 128 Å². The van der Waals surface area contributed by atoms with Crippen LogP contribution in [0.4, 0.5) is 5.69 Å². The number of nitrogens with two attached hydrogens (primary N) is 1. The summed E-state index contributed by atoms with van der Waals surface area (Å²) in [6.07, 6.45) is 0.904. The maximum atomic E-state index is 12.5. The molecular formula is C14H21N5OS. The highest BCUT2D eigenvalue weighted by Crippen LogP contribution is 2.35. The Balaban J connectivity index is 2.32. The summed E-state index contributed by atoms with van der Waals surface area (Å²) in [6, 6.07) is 0. The molecule has 2 aromatic heterocycles. The van der Waals surface area contributed by atoms with Crippen LogP contribution in [-0.2, 0) is 0 Å².